The second kappa shape index (κ2) is 10.7. The van der Waals surface area contributed by atoms with Crippen molar-refractivity contribution in [3.05, 3.63) is 53.6 Å². The molecule has 0 N–H and O–H groups in total. The summed E-state index contributed by atoms with van der Waals surface area (Å²) in [6, 6.07) is 14.6. The number of aryl methyl sites for hydroxylation is 1. The molecule has 1 aliphatic rings. The molecule has 1 heterocycles. The third kappa shape index (κ3) is 6.01. The first-order chi connectivity index (χ1) is 14.9. The van der Waals surface area contributed by atoms with Crippen molar-refractivity contribution in [2.75, 3.05) is 32.2 Å². The summed E-state index contributed by atoms with van der Waals surface area (Å²) in [7, 11) is 3.36. The third-order valence-electron chi connectivity index (χ3n) is 5.97. The summed E-state index contributed by atoms with van der Waals surface area (Å²) in [5.74, 6) is 2.24. The van der Waals surface area contributed by atoms with Crippen LogP contribution in [0.4, 0.5) is 5.69 Å². The van der Waals surface area contributed by atoms with Gasteiger partial charge in [0.05, 0.1) is 14.2 Å². The Kier molecular flexibility index (Phi) is 7.97. The van der Waals surface area contributed by atoms with E-state index in [1.807, 2.05) is 12.1 Å². The first kappa shape index (κ1) is 23.1. The van der Waals surface area contributed by atoms with E-state index in [2.05, 4.69) is 60.9 Å². The van der Waals surface area contributed by atoms with E-state index in [4.69, 9.17) is 9.47 Å². The Morgan fingerprint density at radius 2 is 1.74 bits per heavy atom. The summed E-state index contributed by atoms with van der Waals surface area (Å²) in [5, 5.41) is 0. The molecule has 1 fully saturated rings. The lowest BCUT2D eigenvalue weighted by Gasteiger charge is -2.39. The minimum absolute atomic E-state index is 0.231. The average molecular weight is 425 g/mol. The standard InChI is InChI=1S/C26H36N2O3/c1-19(2)16-26(29)28(22-9-6-20(3)7-10-22)23-12-14-27(15-13-23)18-21-8-11-24(30-4)17-25(21)31-5/h6-11,17,19,23H,12-16,18H2,1-5H3. The number of likely N-dealkylation sites (tertiary alicyclic amines) is 1. The van der Waals surface area contributed by atoms with Crippen LogP contribution in [0.25, 0.3) is 0 Å². The van der Waals surface area contributed by atoms with Crippen molar-refractivity contribution in [3.63, 3.8) is 0 Å². The molecule has 0 atom stereocenters. The van der Waals surface area contributed by atoms with E-state index in [-0.39, 0.29) is 11.9 Å². The van der Waals surface area contributed by atoms with Gasteiger partial charge in [0.15, 0.2) is 0 Å². The zero-order valence-corrected chi connectivity index (χ0v) is 19.6. The SMILES string of the molecule is COc1ccc(CN2CCC(N(C(=O)CC(C)C)c3ccc(C)cc3)CC2)c(OC)c1. The summed E-state index contributed by atoms with van der Waals surface area (Å²) in [5.41, 5.74) is 3.39. The molecule has 1 aliphatic heterocycles. The van der Waals surface area contributed by atoms with Crippen molar-refractivity contribution in [1.82, 2.24) is 4.90 Å². The summed E-state index contributed by atoms with van der Waals surface area (Å²) in [6.45, 7) is 9.04. The van der Waals surface area contributed by atoms with Crippen LogP contribution in [-0.4, -0.2) is 44.2 Å². The van der Waals surface area contributed by atoms with E-state index in [0.29, 0.717) is 12.3 Å². The van der Waals surface area contributed by atoms with Gasteiger partial charge in [0.25, 0.3) is 0 Å². The van der Waals surface area contributed by atoms with Crippen LogP contribution in [0.3, 0.4) is 0 Å². The highest BCUT2D eigenvalue weighted by Gasteiger charge is 2.29. The van der Waals surface area contributed by atoms with Crippen molar-refractivity contribution in [2.24, 2.45) is 5.92 Å². The molecule has 168 valence electrons. The van der Waals surface area contributed by atoms with Gasteiger partial charge in [0.2, 0.25) is 5.91 Å². The number of hydrogen-bond acceptors (Lipinski definition) is 4. The van der Waals surface area contributed by atoms with Gasteiger partial charge >= 0.3 is 0 Å². The molecule has 0 radical (unpaired) electrons. The number of hydrogen-bond donors (Lipinski definition) is 0. The molecule has 5 nitrogen and oxygen atoms in total. The average Bonchev–Trinajstić information content (AvgIpc) is 2.76. The molecule has 2 aromatic rings. The van der Waals surface area contributed by atoms with Crippen LogP contribution in [0.15, 0.2) is 42.5 Å². The van der Waals surface area contributed by atoms with Crippen molar-refractivity contribution in [3.8, 4) is 11.5 Å². The van der Waals surface area contributed by atoms with Gasteiger partial charge in [-0.3, -0.25) is 9.69 Å². The summed E-state index contributed by atoms with van der Waals surface area (Å²) < 4.78 is 10.9. The molecule has 0 spiro atoms. The van der Waals surface area contributed by atoms with Crippen molar-refractivity contribution in [1.29, 1.82) is 0 Å². The number of ether oxygens (including phenoxy) is 2. The number of nitrogens with zero attached hydrogens (tertiary/aromatic N) is 2. The number of carbonyl (C=O) groups is 1. The molecule has 31 heavy (non-hydrogen) atoms. The highest BCUT2D eigenvalue weighted by atomic mass is 16.5. The lowest BCUT2D eigenvalue weighted by molar-refractivity contribution is -0.120. The molecule has 0 aliphatic carbocycles. The molecule has 0 bridgehead atoms. The maximum atomic E-state index is 13.1. The second-order valence-corrected chi connectivity index (χ2v) is 8.88. The molecular formula is C26H36N2O3. The lowest BCUT2D eigenvalue weighted by atomic mass is 9.99. The van der Waals surface area contributed by atoms with Gasteiger partial charge < -0.3 is 14.4 Å². The zero-order valence-electron chi connectivity index (χ0n) is 19.6. The predicted molar refractivity (Wildman–Crippen MR) is 126 cm³/mol. The highest BCUT2D eigenvalue weighted by Crippen LogP contribution is 2.29. The summed E-state index contributed by atoms with van der Waals surface area (Å²) >= 11 is 0. The molecule has 3 rings (SSSR count). The highest BCUT2D eigenvalue weighted by molar-refractivity contribution is 5.94. The maximum absolute atomic E-state index is 13.1. The lowest BCUT2D eigenvalue weighted by Crippen LogP contribution is -2.47. The van der Waals surface area contributed by atoms with E-state index < -0.39 is 0 Å². The molecular weight excluding hydrogens is 388 g/mol. The van der Waals surface area contributed by atoms with Gasteiger partial charge in [-0.15, -0.1) is 0 Å². The summed E-state index contributed by atoms with van der Waals surface area (Å²) in [4.78, 5) is 17.6. The minimum Gasteiger partial charge on any atom is -0.497 e. The third-order valence-corrected chi connectivity index (χ3v) is 5.97. The maximum Gasteiger partial charge on any atom is 0.227 e. The smallest absolute Gasteiger partial charge is 0.227 e. The fraction of sp³-hybridized carbons (Fsp3) is 0.500. The largest absolute Gasteiger partial charge is 0.497 e. The van der Waals surface area contributed by atoms with Gasteiger partial charge in [-0.1, -0.05) is 37.6 Å². The van der Waals surface area contributed by atoms with E-state index in [1.54, 1.807) is 14.2 Å². The van der Waals surface area contributed by atoms with E-state index in [0.717, 1.165) is 55.2 Å². The monoisotopic (exact) mass is 424 g/mol. The Bertz CT molecular complexity index is 855. The molecule has 0 saturated carbocycles. The quantitative estimate of drug-likeness (QED) is 0.594. The number of piperidine rings is 1. The van der Waals surface area contributed by atoms with E-state index in [1.165, 1.54) is 5.56 Å². The number of carbonyl (C=O) groups excluding carboxylic acids is 1. The van der Waals surface area contributed by atoms with Gasteiger partial charge in [-0.2, -0.15) is 0 Å². The Balaban J connectivity index is 1.69. The van der Waals surface area contributed by atoms with Crippen LogP contribution >= 0.6 is 0 Å². The van der Waals surface area contributed by atoms with Gasteiger partial charge in [0.1, 0.15) is 11.5 Å². The fourth-order valence-corrected chi connectivity index (χ4v) is 4.27. The topological polar surface area (TPSA) is 42.0 Å². The summed E-state index contributed by atoms with van der Waals surface area (Å²) in [6.07, 6.45) is 2.52. The molecule has 2 aromatic carbocycles. The van der Waals surface area contributed by atoms with Crippen LogP contribution in [0.5, 0.6) is 11.5 Å². The fourth-order valence-electron chi connectivity index (χ4n) is 4.27. The number of methoxy groups -OCH3 is 2. The van der Waals surface area contributed by atoms with E-state index in [9.17, 15) is 4.79 Å². The number of rotatable bonds is 8. The van der Waals surface area contributed by atoms with Crippen molar-refractivity contribution < 1.29 is 14.3 Å². The molecule has 1 amide bonds. The van der Waals surface area contributed by atoms with Crippen LogP contribution in [0.2, 0.25) is 0 Å². The minimum atomic E-state index is 0.231. The van der Waals surface area contributed by atoms with Crippen LogP contribution in [0, 0.1) is 12.8 Å². The van der Waals surface area contributed by atoms with Crippen LogP contribution in [0.1, 0.15) is 44.2 Å². The van der Waals surface area contributed by atoms with Crippen molar-refractivity contribution >= 4 is 11.6 Å². The molecule has 0 aromatic heterocycles. The normalized spacial score (nSPS) is 15.2. The Morgan fingerprint density at radius 3 is 2.32 bits per heavy atom. The Labute approximate surface area is 187 Å². The van der Waals surface area contributed by atoms with Gasteiger partial charge in [0, 0.05) is 49.4 Å². The predicted octanol–water partition coefficient (Wildman–Crippen LogP) is 5.06. The number of anilines is 1. The molecule has 5 heteroatoms. The van der Waals surface area contributed by atoms with E-state index >= 15 is 0 Å². The van der Waals surface area contributed by atoms with Gasteiger partial charge in [-0.25, -0.2) is 0 Å². The number of amides is 1. The molecule has 0 unspecified atom stereocenters. The Morgan fingerprint density at radius 1 is 1.06 bits per heavy atom. The van der Waals surface area contributed by atoms with Crippen LogP contribution < -0.4 is 14.4 Å². The molecule has 1 saturated heterocycles. The van der Waals surface area contributed by atoms with Crippen LogP contribution in [-0.2, 0) is 11.3 Å². The first-order valence-corrected chi connectivity index (χ1v) is 11.2. The number of benzene rings is 2. The zero-order chi connectivity index (χ0) is 22.4. The van der Waals surface area contributed by atoms with Gasteiger partial charge in [-0.05, 0) is 43.9 Å². The second-order valence-electron chi connectivity index (χ2n) is 8.88. The van der Waals surface area contributed by atoms with Crippen molar-refractivity contribution in [2.45, 2.75) is 52.6 Å². The first-order valence-electron chi connectivity index (χ1n) is 11.2. The Hall–Kier alpha value is -2.53.